The Labute approximate surface area is 74.5 Å². The van der Waals surface area contributed by atoms with Gasteiger partial charge in [0.15, 0.2) is 0 Å². The summed E-state index contributed by atoms with van der Waals surface area (Å²) in [5.41, 5.74) is 0. The number of quaternary nitrogens is 1. The molecular formula is C6H16MnNO4. The van der Waals surface area contributed by atoms with Crippen molar-refractivity contribution in [2.45, 2.75) is 20.8 Å². The van der Waals surface area contributed by atoms with Crippen molar-refractivity contribution in [3.63, 3.8) is 0 Å². The quantitative estimate of drug-likeness (QED) is 0.581. The summed E-state index contributed by atoms with van der Waals surface area (Å²) in [4.78, 5) is 1.68. The van der Waals surface area contributed by atoms with Crippen LogP contribution in [0.25, 0.3) is 0 Å². The third kappa shape index (κ3) is 22.5. The van der Waals surface area contributed by atoms with Gasteiger partial charge in [-0.3, -0.25) is 0 Å². The molecule has 76 valence electrons. The van der Waals surface area contributed by atoms with Crippen molar-refractivity contribution in [2.24, 2.45) is 0 Å². The fourth-order valence-electron chi connectivity index (χ4n) is 0.750. The van der Waals surface area contributed by atoms with Crippen LogP contribution in [0.2, 0.25) is 0 Å². The molecule has 0 aromatic carbocycles. The summed E-state index contributed by atoms with van der Waals surface area (Å²) >= 11 is -5.62. The van der Waals surface area contributed by atoms with Gasteiger partial charge in [-0.2, -0.15) is 0 Å². The van der Waals surface area contributed by atoms with E-state index >= 15 is 0 Å². The Kier molecular flexibility index (Phi) is 8.96. The van der Waals surface area contributed by atoms with Gasteiger partial charge in [-0.1, -0.05) is 0 Å². The van der Waals surface area contributed by atoms with E-state index in [1.807, 2.05) is 0 Å². The van der Waals surface area contributed by atoms with Crippen molar-refractivity contribution in [1.29, 1.82) is 0 Å². The fraction of sp³-hybridized carbons (Fsp3) is 1.00. The van der Waals surface area contributed by atoms with Crippen molar-refractivity contribution in [3.8, 4) is 0 Å². The van der Waals surface area contributed by atoms with Gasteiger partial charge in [-0.25, -0.2) is 0 Å². The van der Waals surface area contributed by atoms with Gasteiger partial charge in [0.1, 0.15) is 0 Å². The Hall–Kier alpha value is -0.161. The summed E-state index contributed by atoms with van der Waals surface area (Å²) in [5, 5.41) is 0. The van der Waals surface area contributed by atoms with Crippen molar-refractivity contribution in [3.05, 3.63) is 0 Å². The molecule has 0 heterocycles. The Morgan fingerprint density at radius 1 is 1.00 bits per heavy atom. The molecule has 0 aliphatic rings. The molecule has 0 aliphatic heterocycles. The van der Waals surface area contributed by atoms with E-state index in [2.05, 4.69) is 20.8 Å². The van der Waals surface area contributed by atoms with Gasteiger partial charge < -0.3 is 4.90 Å². The molecule has 0 amide bonds. The second-order valence-electron chi connectivity index (χ2n) is 2.19. The van der Waals surface area contributed by atoms with Crippen LogP contribution in [0.1, 0.15) is 20.8 Å². The molecule has 0 saturated heterocycles. The summed E-state index contributed by atoms with van der Waals surface area (Å²) in [6.07, 6.45) is 0. The minimum absolute atomic E-state index is 1.27. The Bertz CT molecular complexity index is 203. The van der Waals surface area contributed by atoms with Crippen molar-refractivity contribution in [1.82, 2.24) is 0 Å². The predicted octanol–water partition coefficient (Wildman–Crippen LogP) is -1.62. The van der Waals surface area contributed by atoms with E-state index in [-0.39, 0.29) is 0 Å². The average Bonchev–Trinajstić information content (AvgIpc) is 1.88. The summed E-state index contributed by atoms with van der Waals surface area (Å²) in [5.74, 6) is 0. The first kappa shape index (κ1) is 14.4. The molecule has 1 N–H and O–H groups in total. The van der Waals surface area contributed by atoms with Crippen LogP contribution in [0.4, 0.5) is 0 Å². The fourth-order valence-corrected chi connectivity index (χ4v) is 0.750. The first-order valence-corrected chi connectivity index (χ1v) is 5.73. The van der Waals surface area contributed by atoms with E-state index in [0.29, 0.717) is 0 Å². The van der Waals surface area contributed by atoms with Gasteiger partial charge in [0.25, 0.3) is 0 Å². The van der Waals surface area contributed by atoms with E-state index in [1.165, 1.54) is 19.6 Å². The molecule has 0 unspecified atom stereocenters. The molecule has 0 radical (unpaired) electrons. The van der Waals surface area contributed by atoms with Crippen LogP contribution in [0.3, 0.4) is 0 Å². The number of rotatable bonds is 3. The van der Waals surface area contributed by atoms with E-state index < -0.39 is 13.0 Å². The first-order valence-electron chi connectivity index (χ1n) is 3.80. The number of hydrogen-bond donors (Lipinski definition) is 1. The van der Waals surface area contributed by atoms with Crippen molar-refractivity contribution < 1.29 is 33.6 Å². The molecule has 0 fully saturated rings. The van der Waals surface area contributed by atoms with Crippen LogP contribution in [0, 0.1) is 0 Å². The van der Waals surface area contributed by atoms with Gasteiger partial charge >= 0.3 is 28.7 Å². The molecule has 0 saturated carbocycles. The molecule has 0 aromatic rings. The van der Waals surface area contributed by atoms with Crippen LogP contribution in [0.15, 0.2) is 0 Å². The van der Waals surface area contributed by atoms with Gasteiger partial charge in [-0.05, 0) is 20.8 Å². The van der Waals surface area contributed by atoms with Crippen LogP contribution in [0.5, 0.6) is 0 Å². The zero-order valence-corrected chi connectivity index (χ0v) is 8.81. The Morgan fingerprint density at radius 3 is 1.17 bits per heavy atom. The molecule has 0 spiro atoms. The van der Waals surface area contributed by atoms with Gasteiger partial charge in [0.2, 0.25) is 0 Å². The van der Waals surface area contributed by atoms with Crippen LogP contribution >= 0.6 is 0 Å². The normalized spacial score (nSPS) is 10.8. The van der Waals surface area contributed by atoms with Crippen LogP contribution in [-0.2, 0) is 24.5 Å². The summed E-state index contributed by atoms with van der Waals surface area (Å²) in [7, 11) is 0. The number of nitrogens with one attached hydrogen (secondary N) is 1. The van der Waals surface area contributed by atoms with Crippen LogP contribution < -0.4 is 9.09 Å². The Morgan fingerprint density at radius 2 is 1.17 bits per heavy atom. The summed E-state index contributed by atoms with van der Waals surface area (Å²) in [6.45, 7) is 10.5. The summed E-state index contributed by atoms with van der Waals surface area (Å²) in [6, 6.07) is 0. The molecule has 6 heteroatoms. The second-order valence-corrected chi connectivity index (χ2v) is 3.37. The molecule has 5 nitrogen and oxygen atoms in total. The van der Waals surface area contributed by atoms with Gasteiger partial charge in [-0.15, -0.1) is 0 Å². The second kappa shape index (κ2) is 7.49. The van der Waals surface area contributed by atoms with Crippen molar-refractivity contribution >= 4 is 0 Å². The third-order valence-corrected chi connectivity index (χ3v) is 1.50. The zero-order valence-electron chi connectivity index (χ0n) is 7.63. The third-order valence-electron chi connectivity index (χ3n) is 1.50. The standard InChI is InChI=1S/C6H15N.Mn.4O/c1-4-7(5-2)6-3;;;;;/h4-6H2,1-3H3;;;;;/q;;;;;-1/p+1. The molecule has 0 aromatic heterocycles. The molecule has 0 aliphatic carbocycles. The molecule has 0 bridgehead atoms. The maximum absolute atomic E-state index is 8.58. The predicted molar refractivity (Wildman–Crippen MR) is 34.6 cm³/mol. The Balaban J connectivity index is 0. The van der Waals surface area contributed by atoms with E-state index in [0.717, 1.165) is 0 Å². The summed E-state index contributed by atoms with van der Waals surface area (Å²) < 4.78 is 34.3. The molecule has 0 atom stereocenters. The van der Waals surface area contributed by atoms with Gasteiger partial charge in [0.05, 0.1) is 19.6 Å². The number of hydrogen-bond acceptors (Lipinski definition) is 4. The van der Waals surface area contributed by atoms with E-state index in [4.69, 9.17) is 15.7 Å². The molecule has 12 heavy (non-hydrogen) atoms. The monoisotopic (exact) mass is 221 g/mol. The first-order chi connectivity index (χ1) is 5.35. The zero-order chi connectivity index (χ0) is 10.2. The molecular weight excluding hydrogens is 205 g/mol. The average molecular weight is 221 g/mol. The minimum atomic E-state index is -5.62. The molecule has 0 rings (SSSR count). The van der Waals surface area contributed by atoms with Crippen molar-refractivity contribution in [2.75, 3.05) is 19.6 Å². The van der Waals surface area contributed by atoms with Crippen LogP contribution in [-0.4, -0.2) is 19.6 Å². The topological polar surface area (TPSA) is 78.7 Å². The SMILES string of the molecule is CC[NH+](CC)CC.[O]=[Mn](=[O])(=[O])[O-]. The van der Waals surface area contributed by atoms with Gasteiger partial charge in [0, 0.05) is 0 Å². The van der Waals surface area contributed by atoms with E-state index in [1.54, 1.807) is 4.90 Å². The maximum atomic E-state index is 8.58. The van der Waals surface area contributed by atoms with E-state index in [9.17, 15) is 0 Å².